The highest BCUT2D eigenvalue weighted by molar-refractivity contribution is 5.49. The first-order valence-corrected chi connectivity index (χ1v) is 6.36. The van der Waals surface area contributed by atoms with Gasteiger partial charge >= 0.3 is 0 Å². The molecule has 0 saturated heterocycles. The fraction of sp³-hybridized carbons (Fsp3) is 0.0667. The Kier molecular flexibility index (Phi) is 3.59. The quantitative estimate of drug-likeness (QED) is 0.801. The van der Waals surface area contributed by atoms with Crippen LogP contribution in [0.4, 0.5) is 14.5 Å². The summed E-state index contributed by atoms with van der Waals surface area (Å²) < 4.78 is 28.8. The number of halogens is 2. The van der Waals surface area contributed by atoms with Gasteiger partial charge in [0, 0.05) is 17.8 Å². The Hall–Kier alpha value is -2.76. The van der Waals surface area contributed by atoms with Crippen molar-refractivity contribution in [2.75, 3.05) is 5.32 Å². The molecule has 0 unspecified atom stereocenters. The number of aromatic nitrogens is 3. The Labute approximate surface area is 120 Å². The van der Waals surface area contributed by atoms with Gasteiger partial charge in [0.1, 0.15) is 24.2 Å². The highest BCUT2D eigenvalue weighted by Crippen LogP contribution is 2.18. The van der Waals surface area contributed by atoms with E-state index in [0.717, 1.165) is 0 Å². The zero-order chi connectivity index (χ0) is 14.7. The van der Waals surface area contributed by atoms with Gasteiger partial charge in [-0.25, -0.2) is 18.4 Å². The van der Waals surface area contributed by atoms with Crippen LogP contribution in [-0.4, -0.2) is 14.8 Å². The standard InChI is InChI=1S/C15H12F2N4/c16-13-4-2-1-3-11(13)8-19-12-5-6-15(14(17)7-12)21-10-18-9-20-21/h1-7,9-10,19H,8H2. The van der Waals surface area contributed by atoms with E-state index in [1.807, 2.05) is 0 Å². The predicted molar refractivity (Wildman–Crippen MR) is 75.0 cm³/mol. The van der Waals surface area contributed by atoms with Gasteiger partial charge in [0.25, 0.3) is 0 Å². The van der Waals surface area contributed by atoms with Crippen molar-refractivity contribution in [2.45, 2.75) is 6.54 Å². The van der Waals surface area contributed by atoms with Crippen LogP contribution in [0.3, 0.4) is 0 Å². The maximum atomic E-state index is 14.0. The summed E-state index contributed by atoms with van der Waals surface area (Å²) in [5, 5.41) is 6.87. The molecule has 0 radical (unpaired) electrons. The molecule has 0 aliphatic rings. The number of hydrogen-bond acceptors (Lipinski definition) is 3. The van der Waals surface area contributed by atoms with E-state index in [-0.39, 0.29) is 12.4 Å². The molecule has 0 aliphatic heterocycles. The van der Waals surface area contributed by atoms with Gasteiger partial charge in [-0.1, -0.05) is 18.2 Å². The van der Waals surface area contributed by atoms with E-state index in [1.165, 1.54) is 29.5 Å². The average molecular weight is 286 g/mol. The predicted octanol–water partition coefficient (Wildman–Crippen LogP) is 3.16. The molecule has 4 nitrogen and oxygen atoms in total. The van der Waals surface area contributed by atoms with Gasteiger partial charge in [-0.3, -0.25) is 0 Å². The molecule has 2 aromatic carbocycles. The largest absolute Gasteiger partial charge is 0.381 e. The molecule has 0 atom stereocenters. The highest BCUT2D eigenvalue weighted by atomic mass is 19.1. The number of benzene rings is 2. The Morgan fingerprint density at radius 2 is 1.90 bits per heavy atom. The van der Waals surface area contributed by atoms with Crippen LogP contribution >= 0.6 is 0 Å². The smallest absolute Gasteiger partial charge is 0.150 e. The minimum atomic E-state index is -0.431. The van der Waals surface area contributed by atoms with E-state index in [0.29, 0.717) is 16.9 Å². The summed E-state index contributed by atoms with van der Waals surface area (Å²) in [4.78, 5) is 3.78. The van der Waals surface area contributed by atoms with E-state index in [2.05, 4.69) is 15.4 Å². The maximum Gasteiger partial charge on any atom is 0.150 e. The zero-order valence-corrected chi connectivity index (χ0v) is 11.0. The number of anilines is 1. The Morgan fingerprint density at radius 1 is 1.05 bits per heavy atom. The van der Waals surface area contributed by atoms with Crippen molar-refractivity contribution in [1.82, 2.24) is 14.8 Å². The van der Waals surface area contributed by atoms with Crippen molar-refractivity contribution >= 4 is 5.69 Å². The topological polar surface area (TPSA) is 42.7 Å². The minimum absolute atomic E-state index is 0.286. The third-order valence-corrected chi connectivity index (χ3v) is 3.05. The van der Waals surface area contributed by atoms with Gasteiger partial charge in [0.15, 0.2) is 5.82 Å². The summed E-state index contributed by atoms with van der Waals surface area (Å²) in [6, 6.07) is 11.1. The minimum Gasteiger partial charge on any atom is -0.381 e. The molecule has 1 aromatic heterocycles. The molecule has 0 aliphatic carbocycles. The third-order valence-electron chi connectivity index (χ3n) is 3.05. The Morgan fingerprint density at radius 3 is 2.62 bits per heavy atom. The molecule has 106 valence electrons. The van der Waals surface area contributed by atoms with E-state index >= 15 is 0 Å². The van der Waals surface area contributed by atoms with Crippen molar-refractivity contribution in [3.8, 4) is 5.69 Å². The van der Waals surface area contributed by atoms with Gasteiger partial charge < -0.3 is 5.32 Å². The fourth-order valence-electron chi connectivity index (χ4n) is 1.97. The summed E-state index contributed by atoms with van der Waals surface area (Å²) in [6.07, 6.45) is 2.76. The number of hydrogen-bond donors (Lipinski definition) is 1. The molecule has 0 spiro atoms. The van der Waals surface area contributed by atoms with Gasteiger partial charge in [-0.2, -0.15) is 5.10 Å². The number of rotatable bonds is 4. The second-order valence-corrected chi connectivity index (χ2v) is 4.45. The van der Waals surface area contributed by atoms with Crippen LogP contribution in [0.15, 0.2) is 55.1 Å². The second kappa shape index (κ2) is 5.70. The van der Waals surface area contributed by atoms with Gasteiger partial charge in [-0.05, 0) is 24.3 Å². The molecule has 0 amide bonds. The van der Waals surface area contributed by atoms with E-state index in [9.17, 15) is 8.78 Å². The Bertz CT molecular complexity index is 741. The van der Waals surface area contributed by atoms with Crippen LogP contribution in [0.1, 0.15) is 5.56 Å². The fourth-order valence-corrected chi connectivity index (χ4v) is 1.97. The first kappa shape index (κ1) is 13.2. The Balaban J connectivity index is 1.76. The molecule has 0 fully saturated rings. The molecule has 1 heterocycles. The van der Waals surface area contributed by atoms with E-state index in [1.54, 1.807) is 30.3 Å². The SMILES string of the molecule is Fc1ccccc1CNc1ccc(-n2cncn2)c(F)c1. The lowest BCUT2D eigenvalue weighted by Crippen LogP contribution is -2.03. The molecule has 3 aromatic rings. The number of nitrogens with zero attached hydrogens (tertiary/aromatic N) is 3. The monoisotopic (exact) mass is 286 g/mol. The molecular weight excluding hydrogens is 274 g/mol. The van der Waals surface area contributed by atoms with E-state index in [4.69, 9.17) is 0 Å². The second-order valence-electron chi connectivity index (χ2n) is 4.45. The van der Waals surface area contributed by atoms with Crippen LogP contribution in [0.25, 0.3) is 5.69 Å². The summed E-state index contributed by atoms with van der Waals surface area (Å²) in [5.41, 5.74) is 1.40. The van der Waals surface area contributed by atoms with Gasteiger partial charge in [-0.15, -0.1) is 0 Å². The summed E-state index contributed by atoms with van der Waals surface area (Å²) in [6.45, 7) is 0.286. The normalized spacial score (nSPS) is 10.6. The molecular formula is C15H12F2N4. The van der Waals surface area contributed by atoms with E-state index < -0.39 is 5.82 Å². The summed E-state index contributed by atoms with van der Waals surface area (Å²) >= 11 is 0. The first-order chi connectivity index (χ1) is 10.2. The van der Waals surface area contributed by atoms with Crippen molar-refractivity contribution in [2.24, 2.45) is 0 Å². The van der Waals surface area contributed by atoms with Crippen molar-refractivity contribution in [1.29, 1.82) is 0 Å². The molecule has 6 heteroatoms. The number of nitrogens with one attached hydrogen (secondary N) is 1. The van der Waals surface area contributed by atoms with Crippen molar-refractivity contribution in [3.63, 3.8) is 0 Å². The molecule has 0 bridgehead atoms. The first-order valence-electron chi connectivity index (χ1n) is 6.36. The van der Waals surface area contributed by atoms with Crippen LogP contribution in [0.2, 0.25) is 0 Å². The summed E-state index contributed by atoms with van der Waals surface area (Å²) in [7, 11) is 0. The lowest BCUT2D eigenvalue weighted by atomic mass is 10.2. The maximum absolute atomic E-state index is 14.0. The lowest BCUT2D eigenvalue weighted by molar-refractivity contribution is 0.609. The van der Waals surface area contributed by atoms with Crippen LogP contribution in [-0.2, 0) is 6.54 Å². The molecule has 1 N–H and O–H groups in total. The highest BCUT2D eigenvalue weighted by Gasteiger charge is 2.07. The summed E-state index contributed by atoms with van der Waals surface area (Å²) in [5.74, 6) is -0.719. The van der Waals surface area contributed by atoms with Crippen LogP contribution < -0.4 is 5.32 Å². The van der Waals surface area contributed by atoms with Crippen LogP contribution in [0, 0.1) is 11.6 Å². The third kappa shape index (κ3) is 2.89. The molecule has 21 heavy (non-hydrogen) atoms. The zero-order valence-electron chi connectivity index (χ0n) is 11.0. The molecule has 3 rings (SSSR count). The van der Waals surface area contributed by atoms with Crippen molar-refractivity contribution < 1.29 is 8.78 Å². The van der Waals surface area contributed by atoms with Gasteiger partial charge in [0.2, 0.25) is 0 Å². The van der Waals surface area contributed by atoms with Gasteiger partial charge in [0.05, 0.1) is 0 Å². The lowest BCUT2D eigenvalue weighted by Gasteiger charge is -2.09. The van der Waals surface area contributed by atoms with Crippen LogP contribution in [0.5, 0.6) is 0 Å². The van der Waals surface area contributed by atoms with Crippen molar-refractivity contribution in [3.05, 3.63) is 72.3 Å². The molecule has 0 saturated carbocycles. The average Bonchev–Trinajstić information content (AvgIpc) is 3.00.